The van der Waals surface area contributed by atoms with Crippen LogP contribution < -0.4 is 14.8 Å². The fraction of sp³-hybridized carbons (Fsp3) is 0.632. The number of nitrogens with one attached hydrogen (secondary N) is 1. The molecule has 1 amide bonds. The zero-order valence-corrected chi connectivity index (χ0v) is 14.7. The third-order valence-electron chi connectivity index (χ3n) is 5.44. The van der Waals surface area contributed by atoms with Crippen molar-refractivity contribution in [2.45, 2.75) is 38.6 Å². The second-order valence-corrected chi connectivity index (χ2v) is 7.08. The van der Waals surface area contributed by atoms with Crippen LogP contribution in [0.15, 0.2) is 24.3 Å². The van der Waals surface area contributed by atoms with Crippen LogP contribution >= 0.6 is 0 Å². The Kier molecular flexibility index (Phi) is 5.29. The van der Waals surface area contributed by atoms with E-state index in [1.807, 2.05) is 29.2 Å². The van der Waals surface area contributed by atoms with Gasteiger partial charge in [0.2, 0.25) is 5.91 Å². The zero-order chi connectivity index (χ0) is 17.0. The lowest BCUT2D eigenvalue weighted by atomic mass is 9.72. The van der Waals surface area contributed by atoms with Gasteiger partial charge in [0.15, 0.2) is 11.5 Å². The molecule has 1 spiro atoms. The van der Waals surface area contributed by atoms with Crippen LogP contribution in [0.4, 0.5) is 0 Å². The molecule has 3 rings (SSSR count). The Bertz CT molecular complexity index is 569. The first-order chi connectivity index (χ1) is 11.6. The van der Waals surface area contributed by atoms with Gasteiger partial charge >= 0.3 is 0 Å². The van der Waals surface area contributed by atoms with Gasteiger partial charge in [-0.05, 0) is 56.8 Å². The van der Waals surface area contributed by atoms with E-state index in [9.17, 15) is 4.79 Å². The molecule has 2 fully saturated rings. The molecule has 0 radical (unpaired) electrons. The minimum absolute atomic E-state index is 0.0643. The number of amides is 1. The van der Waals surface area contributed by atoms with Gasteiger partial charge in [-0.3, -0.25) is 4.79 Å². The maximum Gasteiger partial charge on any atom is 0.222 e. The average Bonchev–Trinajstić information content (AvgIpc) is 2.63. The van der Waals surface area contributed by atoms with Crippen molar-refractivity contribution in [3.8, 4) is 11.5 Å². The molecule has 132 valence electrons. The SMILES string of the molecule is COc1ccccc1OC[C@@H](C)N1CC2(CCNCC2)CCC1=O. The minimum Gasteiger partial charge on any atom is -0.493 e. The van der Waals surface area contributed by atoms with Crippen LogP contribution in [0.5, 0.6) is 11.5 Å². The number of benzene rings is 1. The number of methoxy groups -OCH3 is 1. The number of piperidine rings is 2. The molecule has 5 nitrogen and oxygen atoms in total. The van der Waals surface area contributed by atoms with Gasteiger partial charge in [-0.2, -0.15) is 0 Å². The lowest BCUT2D eigenvalue weighted by Crippen LogP contribution is -2.54. The van der Waals surface area contributed by atoms with Crippen LogP contribution in [0.1, 0.15) is 32.6 Å². The summed E-state index contributed by atoms with van der Waals surface area (Å²) in [5.74, 6) is 1.72. The Morgan fingerprint density at radius 2 is 1.92 bits per heavy atom. The number of carbonyl (C=O) groups is 1. The van der Waals surface area contributed by atoms with E-state index < -0.39 is 0 Å². The van der Waals surface area contributed by atoms with Crippen LogP contribution in [0.3, 0.4) is 0 Å². The zero-order valence-electron chi connectivity index (χ0n) is 14.7. The van der Waals surface area contributed by atoms with E-state index >= 15 is 0 Å². The molecule has 0 aliphatic carbocycles. The highest BCUT2D eigenvalue weighted by Gasteiger charge is 2.40. The molecule has 1 N–H and O–H groups in total. The van der Waals surface area contributed by atoms with E-state index in [4.69, 9.17) is 9.47 Å². The van der Waals surface area contributed by atoms with E-state index in [2.05, 4.69) is 12.2 Å². The van der Waals surface area contributed by atoms with Crippen molar-refractivity contribution < 1.29 is 14.3 Å². The molecule has 0 unspecified atom stereocenters. The lowest BCUT2D eigenvalue weighted by molar-refractivity contribution is -0.141. The van der Waals surface area contributed by atoms with Gasteiger partial charge in [-0.25, -0.2) is 0 Å². The van der Waals surface area contributed by atoms with E-state index in [1.54, 1.807) is 7.11 Å². The maximum absolute atomic E-state index is 12.4. The van der Waals surface area contributed by atoms with Crippen molar-refractivity contribution in [1.82, 2.24) is 10.2 Å². The molecule has 2 aliphatic heterocycles. The molecular weight excluding hydrogens is 304 g/mol. The van der Waals surface area contributed by atoms with Crippen molar-refractivity contribution in [2.75, 3.05) is 33.4 Å². The predicted molar refractivity (Wildman–Crippen MR) is 93.4 cm³/mol. The quantitative estimate of drug-likeness (QED) is 0.900. The topological polar surface area (TPSA) is 50.8 Å². The second kappa shape index (κ2) is 7.43. The third kappa shape index (κ3) is 3.66. The summed E-state index contributed by atoms with van der Waals surface area (Å²) in [6.45, 7) is 5.56. The Balaban J connectivity index is 1.62. The molecule has 0 aromatic heterocycles. The van der Waals surface area contributed by atoms with Gasteiger partial charge in [0.05, 0.1) is 13.2 Å². The number of likely N-dealkylation sites (tertiary alicyclic amines) is 1. The molecule has 5 heteroatoms. The van der Waals surface area contributed by atoms with Crippen molar-refractivity contribution in [2.24, 2.45) is 5.41 Å². The van der Waals surface area contributed by atoms with Crippen molar-refractivity contribution in [3.63, 3.8) is 0 Å². The first-order valence-electron chi connectivity index (χ1n) is 8.90. The molecule has 2 saturated heterocycles. The Labute approximate surface area is 144 Å². The van der Waals surface area contributed by atoms with Gasteiger partial charge in [0, 0.05) is 13.0 Å². The molecule has 2 heterocycles. The summed E-state index contributed by atoms with van der Waals surface area (Å²) in [6, 6.07) is 7.70. The summed E-state index contributed by atoms with van der Waals surface area (Å²) in [5, 5.41) is 3.43. The molecular formula is C19H28N2O3. The summed E-state index contributed by atoms with van der Waals surface area (Å²) < 4.78 is 11.3. The smallest absolute Gasteiger partial charge is 0.222 e. The Morgan fingerprint density at radius 3 is 2.62 bits per heavy atom. The summed E-state index contributed by atoms with van der Waals surface area (Å²) in [5.41, 5.74) is 0.303. The van der Waals surface area contributed by atoms with Gasteiger partial charge in [-0.15, -0.1) is 0 Å². The maximum atomic E-state index is 12.4. The molecule has 0 saturated carbocycles. The average molecular weight is 332 g/mol. The van der Waals surface area contributed by atoms with Gasteiger partial charge in [0.1, 0.15) is 6.61 Å². The normalized spacial score (nSPS) is 21.6. The minimum atomic E-state index is 0.0643. The van der Waals surface area contributed by atoms with Crippen LogP contribution in [0.2, 0.25) is 0 Å². The predicted octanol–water partition coefficient (Wildman–Crippen LogP) is 2.45. The lowest BCUT2D eigenvalue weighted by Gasteiger charge is -2.47. The van der Waals surface area contributed by atoms with Crippen LogP contribution in [0, 0.1) is 5.41 Å². The number of nitrogens with zero attached hydrogens (tertiary/aromatic N) is 1. The molecule has 24 heavy (non-hydrogen) atoms. The van der Waals surface area contributed by atoms with Crippen molar-refractivity contribution >= 4 is 5.91 Å². The first kappa shape index (κ1) is 17.1. The van der Waals surface area contributed by atoms with Crippen LogP contribution in [-0.4, -0.2) is 50.2 Å². The van der Waals surface area contributed by atoms with Gasteiger partial charge < -0.3 is 19.7 Å². The fourth-order valence-corrected chi connectivity index (χ4v) is 3.85. The standard InChI is InChI=1S/C19H28N2O3/c1-15(13-24-17-6-4-3-5-16(17)23-2)21-14-19(8-7-18(21)22)9-11-20-12-10-19/h3-6,15,20H,7-14H2,1-2H3/t15-/m1/s1. The number of carbonyl (C=O) groups excluding carboxylic acids is 1. The van der Waals surface area contributed by atoms with E-state index in [0.29, 0.717) is 18.4 Å². The van der Waals surface area contributed by atoms with Gasteiger partial charge in [0.25, 0.3) is 0 Å². The number of hydrogen-bond acceptors (Lipinski definition) is 4. The Hall–Kier alpha value is -1.75. The number of rotatable bonds is 5. The first-order valence-corrected chi connectivity index (χ1v) is 8.90. The summed E-state index contributed by atoms with van der Waals surface area (Å²) in [6.07, 6.45) is 4.02. The van der Waals surface area contributed by atoms with Crippen molar-refractivity contribution in [1.29, 1.82) is 0 Å². The summed E-state index contributed by atoms with van der Waals surface area (Å²) >= 11 is 0. The summed E-state index contributed by atoms with van der Waals surface area (Å²) in [7, 11) is 1.64. The molecule has 1 atom stereocenters. The van der Waals surface area contributed by atoms with E-state index in [-0.39, 0.29) is 11.9 Å². The number of hydrogen-bond donors (Lipinski definition) is 1. The van der Waals surface area contributed by atoms with E-state index in [1.165, 1.54) is 0 Å². The van der Waals surface area contributed by atoms with Crippen molar-refractivity contribution in [3.05, 3.63) is 24.3 Å². The number of ether oxygens (including phenoxy) is 2. The highest BCUT2D eigenvalue weighted by atomic mass is 16.5. The monoisotopic (exact) mass is 332 g/mol. The molecule has 1 aromatic rings. The molecule has 1 aromatic carbocycles. The number of para-hydroxylation sites is 2. The second-order valence-electron chi connectivity index (χ2n) is 7.08. The fourth-order valence-electron chi connectivity index (χ4n) is 3.85. The third-order valence-corrected chi connectivity index (χ3v) is 5.44. The summed E-state index contributed by atoms with van der Waals surface area (Å²) in [4.78, 5) is 14.5. The molecule has 2 aliphatic rings. The highest BCUT2D eigenvalue weighted by molar-refractivity contribution is 5.77. The van der Waals surface area contributed by atoms with Crippen LogP contribution in [0.25, 0.3) is 0 Å². The highest BCUT2D eigenvalue weighted by Crippen LogP contribution is 2.39. The van der Waals surface area contributed by atoms with E-state index in [0.717, 1.165) is 50.4 Å². The van der Waals surface area contributed by atoms with Gasteiger partial charge in [-0.1, -0.05) is 12.1 Å². The molecule has 0 bridgehead atoms. The largest absolute Gasteiger partial charge is 0.493 e. The Morgan fingerprint density at radius 1 is 1.21 bits per heavy atom. The van der Waals surface area contributed by atoms with Crippen LogP contribution in [-0.2, 0) is 4.79 Å².